The molecule has 8 nitrogen and oxygen atoms in total. The van der Waals surface area contributed by atoms with Gasteiger partial charge in [0.05, 0.1) is 17.6 Å². The SMILES string of the molecule is COCCn1c(=N)c(C(=O)NC(C)C)cc2c(=O)n3ccccc3nc21. The van der Waals surface area contributed by atoms with Crippen LogP contribution in [0.4, 0.5) is 0 Å². The number of rotatable bonds is 5. The predicted molar refractivity (Wildman–Crippen MR) is 97.3 cm³/mol. The lowest BCUT2D eigenvalue weighted by Crippen LogP contribution is -2.38. The maximum Gasteiger partial charge on any atom is 0.267 e. The van der Waals surface area contributed by atoms with Gasteiger partial charge in [-0.3, -0.25) is 19.4 Å². The molecular formula is C18H21N5O3. The first-order valence-corrected chi connectivity index (χ1v) is 8.33. The van der Waals surface area contributed by atoms with Gasteiger partial charge >= 0.3 is 0 Å². The molecule has 0 atom stereocenters. The van der Waals surface area contributed by atoms with Gasteiger partial charge in [0.15, 0.2) is 0 Å². The zero-order valence-electron chi connectivity index (χ0n) is 14.9. The van der Waals surface area contributed by atoms with Crippen LogP contribution in [-0.2, 0) is 11.3 Å². The van der Waals surface area contributed by atoms with E-state index in [0.29, 0.717) is 24.4 Å². The topological polar surface area (TPSA) is 101 Å². The number of hydrogen-bond acceptors (Lipinski definition) is 5. The quantitative estimate of drug-likeness (QED) is 0.664. The van der Waals surface area contributed by atoms with Crippen LogP contribution in [0, 0.1) is 5.41 Å². The second-order valence-corrected chi connectivity index (χ2v) is 6.26. The summed E-state index contributed by atoms with van der Waals surface area (Å²) < 4.78 is 8.09. The molecule has 3 rings (SSSR count). The molecule has 0 radical (unpaired) electrons. The number of methoxy groups -OCH3 is 1. The summed E-state index contributed by atoms with van der Waals surface area (Å²) in [4.78, 5) is 30.0. The molecule has 3 aromatic heterocycles. The first kappa shape index (κ1) is 17.8. The van der Waals surface area contributed by atoms with Crippen molar-refractivity contribution in [3.63, 3.8) is 0 Å². The second kappa shape index (κ2) is 7.09. The number of nitrogens with zero attached hydrogens (tertiary/aromatic N) is 3. The van der Waals surface area contributed by atoms with Crippen LogP contribution in [0.5, 0.6) is 0 Å². The van der Waals surface area contributed by atoms with Crippen LogP contribution in [-0.4, -0.2) is 39.6 Å². The summed E-state index contributed by atoms with van der Waals surface area (Å²) in [6.07, 6.45) is 1.63. The van der Waals surface area contributed by atoms with Crippen LogP contribution in [0.15, 0.2) is 35.3 Å². The predicted octanol–water partition coefficient (Wildman–Crippen LogP) is 0.913. The molecule has 26 heavy (non-hydrogen) atoms. The zero-order chi connectivity index (χ0) is 18.8. The molecular weight excluding hydrogens is 334 g/mol. The number of fused-ring (bicyclic) bond motifs is 2. The van der Waals surface area contributed by atoms with E-state index in [9.17, 15) is 9.59 Å². The Balaban J connectivity index is 2.37. The van der Waals surface area contributed by atoms with E-state index in [4.69, 9.17) is 10.1 Å². The maximum absolute atomic E-state index is 12.9. The summed E-state index contributed by atoms with van der Waals surface area (Å²) in [7, 11) is 1.55. The normalized spacial score (nSPS) is 11.4. The third kappa shape index (κ3) is 3.11. The molecule has 0 unspecified atom stereocenters. The van der Waals surface area contributed by atoms with Crippen molar-refractivity contribution in [1.29, 1.82) is 5.41 Å². The van der Waals surface area contributed by atoms with Crippen molar-refractivity contribution in [2.75, 3.05) is 13.7 Å². The van der Waals surface area contributed by atoms with Gasteiger partial charge in [0.1, 0.15) is 16.8 Å². The molecule has 1 amide bonds. The molecule has 136 valence electrons. The minimum atomic E-state index is -0.393. The van der Waals surface area contributed by atoms with E-state index in [1.807, 2.05) is 13.8 Å². The molecule has 0 saturated heterocycles. The summed E-state index contributed by atoms with van der Waals surface area (Å²) in [5.41, 5.74) is 0.701. The molecule has 0 saturated carbocycles. The lowest BCUT2D eigenvalue weighted by molar-refractivity contribution is 0.0940. The number of nitrogens with one attached hydrogen (secondary N) is 2. The van der Waals surface area contributed by atoms with Crippen molar-refractivity contribution in [2.24, 2.45) is 0 Å². The average molecular weight is 355 g/mol. The molecule has 0 aliphatic carbocycles. The first-order valence-electron chi connectivity index (χ1n) is 8.33. The van der Waals surface area contributed by atoms with Crippen molar-refractivity contribution in [1.82, 2.24) is 19.3 Å². The monoisotopic (exact) mass is 355 g/mol. The van der Waals surface area contributed by atoms with E-state index in [0.717, 1.165) is 0 Å². The molecule has 0 spiro atoms. The Bertz CT molecular complexity index is 1100. The molecule has 0 aliphatic heterocycles. The minimum absolute atomic E-state index is 0.000110. The Morgan fingerprint density at radius 1 is 1.38 bits per heavy atom. The summed E-state index contributed by atoms with van der Waals surface area (Å²) in [5.74, 6) is -0.393. The highest BCUT2D eigenvalue weighted by atomic mass is 16.5. The van der Waals surface area contributed by atoms with Crippen LogP contribution in [0.1, 0.15) is 24.2 Å². The molecule has 2 N–H and O–H groups in total. The van der Waals surface area contributed by atoms with Crippen LogP contribution >= 0.6 is 0 Å². The highest BCUT2D eigenvalue weighted by Crippen LogP contribution is 2.10. The summed E-state index contributed by atoms with van der Waals surface area (Å²) in [6.45, 7) is 4.32. The largest absolute Gasteiger partial charge is 0.383 e. The van der Waals surface area contributed by atoms with Gasteiger partial charge in [-0.2, -0.15) is 0 Å². The van der Waals surface area contributed by atoms with Gasteiger partial charge < -0.3 is 14.6 Å². The van der Waals surface area contributed by atoms with Crippen molar-refractivity contribution in [3.05, 3.63) is 51.9 Å². The van der Waals surface area contributed by atoms with Crippen molar-refractivity contribution < 1.29 is 9.53 Å². The highest BCUT2D eigenvalue weighted by molar-refractivity contribution is 5.96. The third-order valence-corrected chi connectivity index (χ3v) is 4.00. The van der Waals surface area contributed by atoms with E-state index >= 15 is 0 Å². The zero-order valence-corrected chi connectivity index (χ0v) is 14.9. The number of carbonyl (C=O) groups excluding carboxylic acids is 1. The van der Waals surface area contributed by atoms with E-state index in [1.54, 1.807) is 36.1 Å². The second-order valence-electron chi connectivity index (χ2n) is 6.26. The van der Waals surface area contributed by atoms with Crippen LogP contribution < -0.4 is 16.4 Å². The fourth-order valence-corrected chi connectivity index (χ4v) is 2.80. The van der Waals surface area contributed by atoms with Gasteiger partial charge in [-0.1, -0.05) is 6.07 Å². The smallest absolute Gasteiger partial charge is 0.267 e. The highest BCUT2D eigenvalue weighted by Gasteiger charge is 2.17. The van der Waals surface area contributed by atoms with E-state index in [2.05, 4.69) is 10.3 Å². The number of aromatic nitrogens is 3. The van der Waals surface area contributed by atoms with Gasteiger partial charge in [0.2, 0.25) is 0 Å². The number of ether oxygens (including phenoxy) is 1. The van der Waals surface area contributed by atoms with Crippen molar-refractivity contribution >= 4 is 22.6 Å². The summed E-state index contributed by atoms with van der Waals surface area (Å²) in [5, 5.41) is 11.5. The molecule has 0 aromatic carbocycles. The van der Waals surface area contributed by atoms with E-state index < -0.39 is 5.91 Å². The van der Waals surface area contributed by atoms with Gasteiger partial charge in [-0.25, -0.2) is 4.98 Å². The lowest BCUT2D eigenvalue weighted by atomic mass is 10.2. The molecule has 8 heteroatoms. The lowest BCUT2D eigenvalue weighted by Gasteiger charge is -2.15. The molecule has 0 bridgehead atoms. The van der Waals surface area contributed by atoms with Gasteiger partial charge in [0, 0.05) is 25.9 Å². The molecule has 3 heterocycles. The Morgan fingerprint density at radius 3 is 2.85 bits per heavy atom. The fourth-order valence-electron chi connectivity index (χ4n) is 2.80. The summed E-state index contributed by atoms with van der Waals surface area (Å²) >= 11 is 0. The van der Waals surface area contributed by atoms with Crippen molar-refractivity contribution in [2.45, 2.75) is 26.4 Å². The number of carbonyl (C=O) groups is 1. The van der Waals surface area contributed by atoms with Gasteiger partial charge in [-0.05, 0) is 32.0 Å². The van der Waals surface area contributed by atoms with Crippen LogP contribution in [0.25, 0.3) is 16.7 Å². The van der Waals surface area contributed by atoms with E-state index in [1.165, 1.54) is 10.5 Å². The summed E-state index contributed by atoms with van der Waals surface area (Å²) in [6, 6.07) is 6.63. The molecule has 3 aromatic rings. The Labute approximate surface area is 149 Å². The van der Waals surface area contributed by atoms with Crippen LogP contribution in [0.2, 0.25) is 0 Å². The third-order valence-electron chi connectivity index (χ3n) is 4.00. The Morgan fingerprint density at radius 2 is 2.15 bits per heavy atom. The Kier molecular flexibility index (Phi) is 4.85. The van der Waals surface area contributed by atoms with E-state index in [-0.39, 0.29) is 28.0 Å². The van der Waals surface area contributed by atoms with Crippen LogP contribution in [0.3, 0.4) is 0 Å². The molecule has 0 fully saturated rings. The fraction of sp³-hybridized carbons (Fsp3) is 0.333. The first-order chi connectivity index (χ1) is 12.4. The number of hydrogen-bond donors (Lipinski definition) is 2. The average Bonchev–Trinajstić information content (AvgIpc) is 2.60. The number of amides is 1. The minimum Gasteiger partial charge on any atom is -0.383 e. The van der Waals surface area contributed by atoms with Gasteiger partial charge in [-0.15, -0.1) is 0 Å². The standard InChI is InChI=1S/C18H21N5O3/c1-11(2)20-17(24)12-10-13-16(23(15(12)19)8-9-26-3)21-14-6-4-5-7-22(14)18(13)25/h4-7,10-11,19H,8-9H2,1-3H3,(H,20,24). The number of pyridine rings is 2. The maximum atomic E-state index is 12.9. The Hall–Kier alpha value is -3.00. The molecule has 0 aliphatic rings. The van der Waals surface area contributed by atoms with Gasteiger partial charge in [0.25, 0.3) is 11.5 Å². The van der Waals surface area contributed by atoms with Crippen molar-refractivity contribution in [3.8, 4) is 0 Å².